The second-order valence-corrected chi connectivity index (χ2v) is 4.43. The molecule has 1 radical (unpaired) electrons. The van der Waals surface area contributed by atoms with Crippen LogP contribution < -0.4 is 4.72 Å². The molecular formula is C5H6NO2S2. The van der Waals surface area contributed by atoms with Gasteiger partial charge in [0.25, 0.3) is 0 Å². The highest BCUT2D eigenvalue weighted by Gasteiger charge is 2.00. The van der Waals surface area contributed by atoms with Crippen LogP contribution in [0.1, 0.15) is 0 Å². The average Bonchev–Trinajstić information content (AvgIpc) is 2.12. The Labute approximate surface area is 63.7 Å². The maximum atomic E-state index is 10.6. The van der Waals surface area contributed by atoms with E-state index in [0.717, 1.165) is 6.26 Å². The van der Waals surface area contributed by atoms with Crippen molar-refractivity contribution in [3.05, 3.63) is 17.5 Å². The van der Waals surface area contributed by atoms with Crippen molar-refractivity contribution in [2.75, 3.05) is 11.0 Å². The van der Waals surface area contributed by atoms with E-state index in [9.17, 15) is 8.42 Å². The molecule has 0 saturated heterocycles. The number of anilines is 1. The third-order valence-corrected chi connectivity index (χ3v) is 2.18. The lowest BCUT2D eigenvalue weighted by atomic mass is 10.6. The van der Waals surface area contributed by atoms with Crippen LogP contribution in [0.2, 0.25) is 0 Å². The highest BCUT2D eigenvalue weighted by atomic mass is 32.2. The van der Waals surface area contributed by atoms with E-state index in [0.29, 0.717) is 5.00 Å². The minimum Gasteiger partial charge on any atom is -0.274 e. The van der Waals surface area contributed by atoms with Gasteiger partial charge < -0.3 is 0 Å². The van der Waals surface area contributed by atoms with Gasteiger partial charge in [0.1, 0.15) is 5.00 Å². The van der Waals surface area contributed by atoms with E-state index in [1.54, 1.807) is 11.4 Å². The molecule has 0 atom stereocenters. The van der Waals surface area contributed by atoms with Crippen LogP contribution >= 0.6 is 11.3 Å². The summed E-state index contributed by atoms with van der Waals surface area (Å²) in [6.07, 6.45) is 1.11. The van der Waals surface area contributed by atoms with Crippen molar-refractivity contribution in [3.63, 3.8) is 0 Å². The first-order chi connectivity index (χ1) is 4.58. The van der Waals surface area contributed by atoms with Crippen LogP contribution in [0, 0.1) is 6.07 Å². The molecule has 0 aliphatic rings. The summed E-state index contributed by atoms with van der Waals surface area (Å²) in [5, 5.41) is 2.29. The van der Waals surface area contributed by atoms with Gasteiger partial charge in [0.05, 0.1) is 6.26 Å². The molecular weight excluding hydrogens is 170 g/mol. The van der Waals surface area contributed by atoms with Crippen LogP contribution in [0.15, 0.2) is 11.4 Å². The molecule has 1 rings (SSSR count). The molecule has 0 aliphatic carbocycles. The van der Waals surface area contributed by atoms with Crippen molar-refractivity contribution in [3.8, 4) is 0 Å². The van der Waals surface area contributed by atoms with Crippen molar-refractivity contribution in [1.29, 1.82) is 0 Å². The summed E-state index contributed by atoms with van der Waals surface area (Å²) in [6.45, 7) is 0. The van der Waals surface area contributed by atoms with Crippen molar-refractivity contribution in [1.82, 2.24) is 0 Å². The lowest BCUT2D eigenvalue weighted by Gasteiger charge is -1.96. The summed E-state index contributed by atoms with van der Waals surface area (Å²) < 4.78 is 23.4. The van der Waals surface area contributed by atoms with Crippen LogP contribution in [0.5, 0.6) is 0 Å². The Hall–Kier alpha value is -0.550. The van der Waals surface area contributed by atoms with Crippen LogP contribution in [-0.4, -0.2) is 14.7 Å². The molecule has 0 saturated carbocycles. The summed E-state index contributed by atoms with van der Waals surface area (Å²) in [7, 11) is -3.12. The maximum Gasteiger partial charge on any atom is 0.230 e. The molecule has 3 nitrogen and oxygen atoms in total. The van der Waals surface area contributed by atoms with E-state index >= 15 is 0 Å². The Kier molecular flexibility index (Phi) is 1.96. The largest absolute Gasteiger partial charge is 0.274 e. The van der Waals surface area contributed by atoms with Gasteiger partial charge in [-0.3, -0.25) is 4.72 Å². The van der Waals surface area contributed by atoms with E-state index in [1.807, 2.05) is 0 Å². The predicted molar refractivity (Wildman–Crippen MR) is 41.6 cm³/mol. The molecule has 1 heterocycles. The average molecular weight is 176 g/mol. The van der Waals surface area contributed by atoms with Crippen molar-refractivity contribution >= 4 is 26.4 Å². The van der Waals surface area contributed by atoms with E-state index in [1.165, 1.54) is 11.3 Å². The summed E-state index contributed by atoms with van der Waals surface area (Å²) in [5.41, 5.74) is 0. The summed E-state index contributed by atoms with van der Waals surface area (Å²) >= 11 is 1.30. The van der Waals surface area contributed by atoms with E-state index in [-0.39, 0.29) is 0 Å². The first-order valence-electron chi connectivity index (χ1n) is 2.51. The topological polar surface area (TPSA) is 46.2 Å². The molecule has 0 bridgehead atoms. The molecule has 0 aromatic carbocycles. The first kappa shape index (κ1) is 7.56. The number of thiophene rings is 1. The van der Waals surface area contributed by atoms with Crippen molar-refractivity contribution in [2.24, 2.45) is 0 Å². The predicted octanol–water partition coefficient (Wildman–Crippen LogP) is 0.920. The van der Waals surface area contributed by atoms with Crippen LogP contribution in [0.25, 0.3) is 0 Å². The van der Waals surface area contributed by atoms with Gasteiger partial charge in [0, 0.05) is 6.07 Å². The quantitative estimate of drug-likeness (QED) is 0.728. The highest BCUT2D eigenvalue weighted by molar-refractivity contribution is 7.92. The Bertz CT molecular complexity index is 287. The Balaban J connectivity index is 2.75. The third kappa shape index (κ3) is 2.36. The molecule has 0 unspecified atom stereocenters. The van der Waals surface area contributed by atoms with Gasteiger partial charge >= 0.3 is 0 Å². The van der Waals surface area contributed by atoms with Gasteiger partial charge in [-0.05, 0) is 11.4 Å². The second kappa shape index (κ2) is 2.59. The fraction of sp³-hybridized carbons (Fsp3) is 0.200. The van der Waals surface area contributed by atoms with Crippen LogP contribution in [0.3, 0.4) is 0 Å². The molecule has 0 fully saturated rings. The number of hydrogen-bond acceptors (Lipinski definition) is 3. The normalized spacial score (nSPS) is 11.3. The fourth-order valence-corrected chi connectivity index (χ4v) is 1.92. The molecule has 5 heteroatoms. The number of nitrogens with one attached hydrogen (secondary N) is 1. The molecule has 0 amide bonds. The first-order valence-corrected chi connectivity index (χ1v) is 5.28. The molecule has 1 aromatic rings. The van der Waals surface area contributed by atoms with Crippen molar-refractivity contribution in [2.45, 2.75) is 0 Å². The third-order valence-electron chi connectivity index (χ3n) is 0.746. The monoisotopic (exact) mass is 176 g/mol. The van der Waals surface area contributed by atoms with Gasteiger partial charge in [0.2, 0.25) is 10.0 Å². The number of hydrogen-bond donors (Lipinski definition) is 1. The lowest BCUT2D eigenvalue weighted by molar-refractivity contribution is 0.607. The molecule has 55 valence electrons. The van der Waals surface area contributed by atoms with Gasteiger partial charge in [-0.25, -0.2) is 8.42 Å². The smallest absolute Gasteiger partial charge is 0.230 e. The minimum absolute atomic E-state index is 0.530. The summed E-state index contributed by atoms with van der Waals surface area (Å²) in [4.78, 5) is 0. The Morgan fingerprint density at radius 1 is 1.70 bits per heavy atom. The molecule has 10 heavy (non-hydrogen) atoms. The molecule has 0 aliphatic heterocycles. The van der Waals surface area contributed by atoms with Crippen LogP contribution in [-0.2, 0) is 10.0 Å². The number of sulfonamides is 1. The van der Waals surface area contributed by atoms with Gasteiger partial charge in [-0.1, -0.05) is 0 Å². The maximum absolute atomic E-state index is 10.6. The van der Waals surface area contributed by atoms with E-state index in [4.69, 9.17) is 0 Å². The van der Waals surface area contributed by atoms with Gasteiger partial charge in [-0.15, -0.1) is 11.3 Å². The zero-order chi connectivity index (χ0) is 7.61. The summed E-state index contributed by atoms with van der Waals surface area (Å²) in [6, 6.07) is 4.39. The van der Waals surface area contributed by atoms with Gasteiger partial charge in [-0.2, -0.15) is 0 Å². The minimum atomic E-state index is -3.12. The van der Waals surface area contributed by atoms with Crippen molar-refractivity contribution < 1.29 is 8.42 Å². The van der Waals surface area contributed by atoms with E-state index in [2.05, 4.69) is 10.8 Å². The van der Waals surface area contributed by atoms with Gasteiger partial charge in [0.15, 0.2) is 0 Å². The molecule has 1 N–H and O–H groups in total. The zero-order valence-corrected chi connectivity index (χ0v) is 6.92. The lowest BCUT2D eigenvalue weighted by Crippen LogP contribution is -2.07. The zero-order valence-electron chi connectivity index (χ0n) is 5.29. The SMILES string of the molecule is CS(=O)(=O)Nc1[c]ccs1. The molecule has 1 aromatic heterocycles. The fourth-order valence-electron chi connectivity index (χ4n) is 0.468. The molecule has 0 spiro atoms. The van der Waals surface area contributed by atoms with E-state index < -0.39 is 10.0 Å². The highest BCUT2D eigenvalue weighted by Crippen LogP contribution is 2.14. The summed E-state index contributed by atoms with van der Waals surface area (Å²) in [5.74, 6) is 0. The Morgan fingerprint density at radius 3 is 2.80 bits per heavy atom. The van der Waals surface area contributed by atoms with Crippen LogP contribution in [0.4, 0.5) is 5.00 Å². The standard InChI is InChI=1S/C5H6NO2S2/c1-10(7,8)6-5-3-2-4-9-5/h2,4,6H,1H3. The second-order valence-electron chi connectivity index (χ2n) is 1.77. The Morgan fingerprint density at radius 2 is 2.40 bits per heavy atom. The number of rotatable bonds is 2.